The van der Waals surface area contributed by atoms with Crippen molar-refractivity contribution in [1.29, 1.82) is 0 Å². The van der Waals surface area contributed by atoms with Crippen LogP contribution in [0.25, 0.3) is 0 Å². The van der Waals surface area contributed by atoms with Gasteiger partial charge in [0.1, 0.15) is 0 Å². The van der Waals surface area contributed by atoms with Crippen molar-refractivity contribution in [1.82, 2.24) is 15.2 Å². The first kappa shape index (κ1) is 11.6. The molecule has 0 spiro atoms. The van der Waals surface area contributed by atoms with E-state index in [9.17, 15) is 0 Å². The van der Waals surface area contributed by atoms with Gasteiger partial charge in [0, 0.05) is 44.1 Å². The van der Waals surface area contributed by atoms with Gasteiger partial charge in [0.25, 0.3) is 0 Å². The lowest BCUT2D eigenvalue weighted by Gasteiger charge is -2.39. The molecule has 1 saturated heterocycles. The van der Waals surface area contributed by atoms with E-state index in [1.165, 1.54) is 12.0 Å². The van der Waals surface area contributed by atoms with Gasteiger partial charge in [-0.1, -0.05) is 13.0 Å². The molecular weight excluding hydrogens is 198 g/mol. The molecule has 0 radical (unpaired) electrons. The summed E-state index contributed by atoms with van der Waals surface area (Å²) in [6, 6.07) is 5.44. The molecule has 0 aliphatic carbocycles. The second-order valence-corrected chi connectivity index (χ2v) is 4.66. The molecule has 88 valence electrons. The molecule has 16 heavy (non-hydrogen) atoms. The number of aromatic nitrogens is 1. The molecule has 0 bridgehead atoms. The minimum atomic E-state index is 0.597. The van der Waals surface area contributed by atoms with Crippen molar-refractivity contribution in [2.45, 2.75) is 38.9 Å². The quantitative estimate of drug-likeness (QED) is 0.838. The molecule has 0 amide bonds. The Morgan fingerprint density at radius 1 is 1.56 bits per heavy atom. The third kappa shape index (κ3) is 2.80. The van der Waals surface area contributed by atoms with Crippen LogP contribution in [0.3, 0.4) is 0 Å². The summed E-state index contributed by atoms with van der Waals surface area (Å²) in [7, 11) is 0. The molecule has 1 aromatic heterocycles. The molecule has 2 unspecified atom stereocenters. The maximum Gasteiger partial charge on any atom is 0.0312 e. The Kier molecular flexibility index (Phi) is 3.91. The van der Waals surface area contributed by atoms with Crippen molar-refractivity contribution < 1.29 is 0 Å². The monoisotopic (exact) mass is 219 g/mol. The number of rotatable bonds is 3. The zero-order chi connectivity index (χ0) is 11.4. The molecule has 3 heteroatoms. The lowest BCUT2D eigenvalue weighted by Crippen LogP contribution is -2.54. The average Bonchev–Trinajstić information content (AvgIpc) is 2.31. The zero-order valence-electron chi connectivity index (χ0n) is 10.2. The standard InChI is InChI=1S/C13H21N3/c1-3-13-8-15-11(2)9-16(13)10-12-5-4-6-14-7-12/h4-7,11,13,15H,3,8-10H2,1-2H3. The number of nitrogens with one attached hydrogen (secondary N) is 1. The van der Waals surface area contributed by atoms with E-state index in [-0.39, 0.29) is 0 Å². The third-order valence-corrected chi connectivity index (χ3v) is 3.31. The van der Waals surface area contributed by atoms with Crippen LogP contribution in [0.4, 0.5) is 0 Å². The lowest BCUT2D eigenvalue weighted by molar-refractivity contribution is 0.124. The van der Waals surface area contributed by atoms with E-state index in [4.69, 9.17) is 0 Å². The predicted molar refractivity (Wildman–Crippen MR) is 66.2 cm³/mol. The van der Waals surface area contributed by atoms with E-state index in [1.54, 1.807) is 0 Å². The van der Waals surface area contributed by atoms with Crippen molar-refractivity contribution in [2.24, 2.45) is 0 Å². The maximum absolute atomic E-state index is 4.18. The highest BCUT2D eigenvalue weighted by molar-refractivity contribution is 5.08. The third-order valence-electron chi connectivity index (χ3n) is 3.31. The lowest BCUT2D eigenvalue weighted by atomic mass is 10.1. The molecule has 1 aliphatic heterocycles. The molecule has 0 aromatic carbocycles. The van der Waals surface area contributed by atoms with E-state index in [0.717, 1.165) is 19.6 Å². The molecule has 2 atom stereocenters. The van der Waals surface area contributed by atoms with Gasteiger partial charge in [-0.15, -0.1) is 0 Å². The first-order chi connectivity index (χ1) is 7.79. The molecule has 2 rings (SSSR count). The summed E-state index contributed by atoms with van der Waals surface area (Å²) in [5.74, 6) is 0. The number of hydrogen-bond acceptors (Lipinski definition) is 3. The van der Waals surface area contributed by atoms with Crippen LogP contribution in [0.2, 0.25) is 0 Å². The van der Waals surface area contributed by atoms with Gasteiger partial charge < -0.3 is 5.32 Å². The fraction of sp³-hybridized carbons (Fsp3) is 0.615. The van der Waals surface area contributed by atoms with E-state index < -0.39 is 0 Å². The smallest absolute Gasteiger partial charge is 0.0312 e. The second kappa shape index (κ2) is 5.41. The number of hydrogen-bond donors (Lipinski definition) is 1. The Labute approximate surface area is 97.9 Å². The molecule has 3 nitrogen and oxygen atoms in total. The van der Waals surface area contributed by atoms with Gasteiger partial charge in [-0.3, -0.25) is 9.88 Å². The molecular formula is C13H21N3. The van der Waals surface area contributed by atoms with E-state index in [2.05, 4.69) is 35.1 Å². The van der Waals surface area contributed by atoms with Crippen molar-refractivity contribution in [3.8, 4) is 0 Å². The molecule has 1 fully saturated rings. The average molecular weight is 219 g/mol. The van der Waals surface area contributed by atoms with E-state index in [0.29, 0.717) is 12.1 Å². The molecule has 1 aliphatic rings. The minimum absolute atomic E-state index is 0.597. The van der Waals surface area contributed by atoms with Crippen LogP contribution in [-0.4, -0.2) is 35.1 Å². The summed E-state index contributed by atoms with van der Waals surface area (Å²) in [5.41, 5.74) is 1.31. The largest absolute Gasteiger partial charge is 0.311 e. The van der Waals surface area contributed by atoms with Gasteiger partial charge in [-0.05, 0) is 25.0 Å². The van der Waals surface area contributed by atoms with E-state index >= 15 is 0 Å². The van der Waals surface area contributed by atoms with Crippen molar-refractivity contribution in [2.75, 3.05) is 13.1 Å². The fourth-order valence-corrected chi connectivity index (χ4v) is 2.35. The van der Waals surface area contributed by atoms with Crippen LogP contribution in [-0.2, 0) is 6.54 Å². The van der Waals surface area contributed by atoms with Crippen molar-refractivity contribution in [3.63, 3.8) is 0 Å². The summed E-state index contributed by atoms with van der Waals surface area (Å²) in [5, 5.41) is 3.54. The van der Waals surface area contributed by atoms with Gasteiger partial charge in [0.05, 0.1) is 0 Å². The van der Waals surface area contributed by atoms with Crippen LogP contribution in [0, 0.1) is 0 Å². The molecule has 0 saturated carbocycles. The van der Waals surface area contributed by atoms with Crippen LogP contribution in [0.15, 0.2) is 24.5 Å². The van der Waals surface area contributed by atoms with E-state index in [1.807, 2.05) is 18.5 Å². The van der Waals surface area contributed by atoms with Crippen LogP contribution in [0.5, 0.6) is 0 Å². The number of nitrogens with zero attached hydrogens (tertiary/aromatic N) is 2. The SMILES string of the molecule is CCC1CNC(C)CN1Cc1cccnc1. The number of pyridine rings is 1. The summed E-state index contributed by atoms with van der Waals surface area (Å²) in [6.07, 6.45) is 5.01. The summed E-state index contributed by atoms with van der Waals surface area (Å²) in [4.78, 5) is 6.75. The Balaban J connectivity index is 2.01. The van der Waals surface area contributed by atoms with Gasteiger partial charge in [-0.25, -0.2) is 0 Å². The molecule has 2 heterocycles. The maximum atomic E-state index is 4.18. The van der Waals surface area contributed by atoms with Gasteiger partial charge in [0.15, 0.2) is 0 Å². The van der Waals surface area contributed by atoms with Crippen molar-refractivity contribution in [3.05, 3.63) is 30.1 Å². The summed E-state index contributed by atoms with van der Waals surface area (Å²) in [6.45, 7) is 7.78. The zero-order valence-corrected chi connectivity index (χ0v) is 10.2. The predicted octanol–water partition coefficient (Wildman–Crippen LogP) is 1.65. The first-order valence-corrected chi connectivity index (χ1v) is 6.16. The highest BCUT2D eigenvalue weighted by Gasteiger charge is 2.24. The Hall–Kier alpha value is -0.930. The van der Waals surface area contributed by atoms with Crippen LogP contribution < -0.4 is 5.32 Å². The Bertz CT molecular complexity index is 312. The molecule has 1 aromatic rings. The van der Waals surface area contributed by atoms with Gasteiger partial charge in [-0.2, -0.15) is 0 Å². The second-order valence-electron chi connectivity index (χ2n) is 4.66. The van der Waals surface area contributed by atoms with Gasteiger partial charge >= 0.3 is 0 Å². The highest BCUT2D eigenvalue weighted by atomic mass is 15.2. The number of piperazine rings is 1. The Morgan fingerprint density at radius 3 is 3.12 bits per heavy atom. The highest BCUT2D eigenvalue weighted by Crippen LogP contribution is 2.13. The fourth-order valence-electron chi connectivity index (χ4n) is 2.35. The normalized spacial score (nSPS) is 26.9. The topological polar surface area (TPSA) is 28.2 Å². The summed E-state index contributed by atoms with van der Waals surface area (Å²) < 4.78 is 0. The van der Waals surface area contributed by atoms with Gasteiger partial charge in [0.2, 0.25) is 0 Å². The summed E-state index contributed by atoms with van der Waals surface area (Å²) >= 11 is 0. The van der Waals surface area contributed by atoms with Crippen LogP contribution >= 0.6 is 0 Å². The first-order valence-electron chi connectivity index (χ1n) is 6.16. The van der Waals surface area contributed by atoms with Crippen molar-refractivity contribution >= 4 is 0 Å². The molecule has 1 N–H and O–H groups in total. The Morgan fingerprint density at radius 2 is 2.44 bits per heavy atom. The minimum Gasteiger partial charge on any atom is -0.311 e. The van der Waals surface area contributed by atoms with Crippen LogP contribution in [0.1, 0.15) is 25.8 Å².